The van der Waals surface area contributed by atoms with Gasteiger partial charge in [0.25, 0.3) is 0 Å². The standard InChI is InChI=1S/C21H36FN5/c1-5-26-10-12-27(13-11-26)16-17(2)15-25-21(23-4)24-9-8-19-6-7-20(22)14-18(19)3/h6-7,14,17H,5,8-13,15-16H2,1-4H3,(H2,23,24,25). The average molecular weight is 378 g/mol. The predicted molar refractivity (Wildman–Crippen MR) is 112 cm³/mol. The summed E-state index contributed by atoms with van der Waals surface area (Å²) < 4.78 is 13.2. The quantitative estimate of drug-likeness (QED) is 0.538. The summed E-state index contributed by atoms with van der Waals surface area (Å²) in [6.07, 6.45) is 0.851. The third-order valence-corrected chi connectivity index (χ3v) is 5.31. The van der Waals surface area contributed by atoms with E-state index >= 15 is 0 Å². The Morgan fingerprint density at radius 2 is 1.89 bits per heavy atom. The highest BCUT2D eigenvalue weighted by molar-refractivity contribution is 5.79. The number of aryl methyl sites for hydroxylation is 1. The molecule has 1 heterocycles. The van der Waals surface area contributed by atoms with E-state index in [1.54, 1.807) is 13.1 Å². The maximum absolute atomic E-state index is 13.2. The third-order valence-electron chi connectivity index (χ3n) is 5.31. The number of piperazine rings is 1. The SMILES string of the molecule is CCN1CCN(CC(C)CNC(=NC)NCCc2ccc(F)cc2C)CC1. The van der Waals surface area contributed by atoms with E-state index in [-0.39, 0.29) is 5.82 Å². The second-order valence-corrected chi connectivity index (χ2v) is 7.54. The molecule has 1 atom stereocenters. The van der Waals surface area contributed by atoms with Crippen molar-refractivity contribution in [3.05, 3.63) is 35.1 Å². The Morgan fingerprint density at radius 1 is 1.19 bits per heavy atom. The van der Waals surface area contributed by atoms with Gasteiger partial charge in [-0.05, 0) is 49.1 Å². The van der Waals surface area contributed by atoms with Crippen molar-refractivity contribution < 1.29 is 4.39 Å². The number of rotatable bonds is 8. The van der Waals surface area contributed by atoms with Crippen LogP contribution in [-0.2, 0) is 6.42 Å². The number of nitrogens with zero attached hydrogens (tertiary/aromatic N) is 3. The molecule has 1 fully saturated rings. The van der Waals surface area contributed by atoms with Crippen LogP contribution in [-0.4, -0.2) is 75.2 Å². The first-order chi connectivity index (χ1) is 13.0. The van der Waals surface area contributed by atoms with Gasteiger partial charge in [-0.25, -0.2) is 4.39 Å². The maximum Gasteiger partial charge on any atom is 0.190 e. The zero-order valence-electron chi connectivity index (χ0n) is 17.4. The summed E-state index contributed by atoms with van der Waals surface area (Å²) >= 11 is 0. The van der Waals surface area contributed by atoms with Gasteiger partial charge in [0.15, 0.2) is 5.96 Å². The Morgan fingerprint density at radius 3 is 2.52 bits per heavy atom. The number of likely N-dealkylation sites (N-methyl/N-ethyl adjacent to an activating group) is 1. The van der Waals surface area contributed by atoms with Gasteiger partial charge in [-0.3, -0.25) is 4.99 Å². The molecule has 27 heavy (non-hydrogen) atoms. The minimum absolute atomic E-state index is 0.174. The summed E-state index contributed by atoms with van der Waals surface area (Å²) in [6, 6.07) is 4.98. The molecule has 5 nitrogen and oxygen atoms in total. The Balaban J connectivity index is 1.66. The Bertz CT molecular complexity index is 596. The molecule has 2 N–H and O–H groups in total. The number of halogens is 1. The third kappa shape index (κ3) is 7.46. The first-order valence-corrected chi connectivity index (χ1v) is 10.2. The summed E-state index contributed by atoms with van der Waals surface area (Å²) in [5.41, 5.74) is 2.16. The van der Waals surface area contributed by atoms with E-state index in [1.165, 1.54) is 37.8 Å². The molecule has 0 aromatic heterocycles. The molecule has 1 aliphatic heterocycles. The van der Waals surface area contributed by atoms with Crippen molar-refractivity contribution in [2.45, 2.75) is 27.2 Å². The Kier molecular flexibility index (Phi) is 9.01. The molecule has 0 bridgehead atoms. The van der Waals surface area contributed by atoms with Crippen LogP contribution in [0, 0.1) is 18.7 Å². The van der Waals surface area contributed by atoms with Crippen LogP contribution < -0.4 is 10.6 Å². The molecule has 0 radical (unpaired) electrons. The van der Waals surface area contributed by atoms with Gasteiger partial charge in [0, 0.05) is 52.9 Å². The summed E-state index contributed by atoms with van der Waals surface area (Å²) in [5, 5.41) is 6.79. The van der Waals surface area contributed by atoms with E-state index < -0.39 is 0 Å². The van der Waals surface area contributed by atoms with Crippen LogP contribution in [0.4, 0.5) is 4.39 Å². The van der Waals surface area contributed by atoms with E-state index in [9.17, 15) is 4.39 Å². The Hall–Kier alpha value is -1.66. The predicted octanol–water partition coefficient (Wildman–Crippen LogP) is 2.12. The van der Waals surface area contributed by atoms with Crippen LogP contribution in [0.2, 0.25) is 0 Å². The van der Waals surface area contributed by atoms with Gasteiger partial charge in [0.1, 0.15) is 5.82 Å². The zero-order valence-corrected chi connectivity index (χ0v) is 17.4. The van der Waals surface area contributed by atoms with Gasteiger partial charge in [0.2, 0.25) is 0 Å². The second-order valence-electron chi connectivity index (χ2n) is 7.54. The second kappa shape index (κ2) is 11.2. The molecular formula is C21H36FN5. The van der Waals surface area contributed by atoms with Gasteiger partial charge in [-0.1, -0.05) is 19.9 Å². The summed E-state index contributed by atoms with van der Waals surface area (Å²) in [7, 11) is 1.80. The highest BCUT2D eigenvalue weighted by Gasteiger charge is 2.17. The fraction of sp³-hybridized carbons (Fsp3) is 0.667. The van der Waals surface area contributed by atoms with Crippen LogP contribution >= 0.6 is 0 Å². The van der Waals surface area contributed by atoms with Gasteiger partial charge in [0.05, 0.1) is 0 Å². The first kappa shape index (κ1) is 21.6. The normalized spacial score (nSPS) is 17.7. The summed E-state index contributed by atoms with van der Waals surface area (Å²) in [4.78, 5) is 9.38. The molecule has 1 aliphatic rings. The number of nitrogens with one attached hydrogen (secondary N) is 2. The molecule has 0 aliphatic carbocycles. The maximum atomic E-state index is 13.2. The van der Waals surface area contributed by atoms with Crippen LogP contribution in [0.15, 0.2) is 23.2 Å². The van der Waals surface area contributed by atoms with Gasteiger partial charge in [-0.15, -0.1) is 0 Å². The van der Waals surface area contributed by atoms with Crippen molar-refractivity contribution in [3.63, 3.8) is 0 Å². The number of benzene rings is 1. The molecule has 0 spiro atoms. The van der Waals surface area contributed by atoms with Gasteiger partial charge < -0.3 is 20.4 Å². The first-order valence-electron chi connectivity index (χ1n) is 10.2. The smallest absolute Gasteiger partial charge is 0.190 e. The van der Waals surface area contributed by atoms with Crippen molar-refractivity contribution in [1.82, 2.24) is 20.4 Å². The van der Waals surface area contributed by atoms with E-state index in [1.807, 2.05) is 13.0 Å². The molecular weight excluding hydrogens is 341 g/mol. The fourth-order valence-corrected chi connectivity index (χ4v) is 3.54. The van der Waals surface area contributed by atoms with Gasteiger partial charge in [-0.2, -0.15) is 0 Å². The molecule has 6 heteroatoms. The lowest BCUT2D eigenvalue weighted by Crippen LogP contribution is -2.48. The molecule has 1 aromatic carbocycles. The molecule has 1 unspecified atom stereocenters. The van der Waals surface area contributed by atoms with E-state index in [4.69, 9.17) is 0 Å². The van der Waals surface area contributed by atoms with Crippen LogP contribution in [0.3, 0.4) is 0 Å². The highest BCUT2D eigenvalue weighted by Crippen LogP contribution is 2.10. The fourth-order valence-electron chi connectivity index (χ4n) is 3.54. The van der Waals surface area contributed by atoms with E-state index in [2.05, 4.69) is 39.3 Å². The lowest BCUT2D eigenvalue weighted by atomic mass is 10.1. The minimum atomic E-state index is -0.174. The number of guanidine groups is 1. The average Bonchev–Trinajstić information content (AvgIpc) is 2.66. The van der Waals surface area contributed by atoms with Crippen molar-refractivity contribution in [2.75, 3.05) is 59.4 Å². The van der Waals surface area contributed by atoms with Crippen LogP contribution in [0.1, 0.15) is 25.0 Å². The van der Waals surface area contributed by atoms with E-state index in [0.717, 1.165) is 44.1 Å². The van der Waals surface area contributed by atoms with Crippen molar-refractivity contribution in [3.8, 4) is 0 Å². The molecule has 0 amide bonds. The van der Waals surface area contributed by atoms with Crippen molar-refractivity contribution >= 4 is 5.96 Å². The van der Waals surface area contributed by atoms with Crippen LogP contribution in [0.25, 0.3) is 0 Å². The largest absolute Gasteiger partial charge is 0.356 e. The number of aliphatic imine (C=N–C) groups is 1. The summed E-state index contributed by atoms with van der Waals surface area (Å²) in [6.45, 7) is 15.1. The monoisotopic (exact) mass is 377 g/mol. The number of hydrogen-bond acceptors (Lipinski definition) is 3. The minimum Gasteiger partial charge on any atom is -0.356 e. The lowest BCUT2D eigenvalue weighted by Gasteiger charge is -2.35. The van der Waals surface area contributed by atoms with Crippen molar-refractivity contribution in [1.29, 1.82) is 0 Å². The Labute approximate surface area is 164 Å². The van der Waals surface area contributed by atoms with Crippen LogP contribution in [0.5, 0.6) is 0 Å². The highest BCUT2D eigenvalue weighted by atomic mass is 19.1. The lowest BCUT2D eigenvalue weighted by molar-refractivity contribution is 0.124. The topological polar surface area (TPSA) is 42.9 Å². The van der Waals surface area contributed by atoms with Crippen molar-refractivity contribution in [2.24, 2.45) is 10.9 Å². The molecule has 0 saturated carbocycles. The van der Waals surface area contributed by atoms with Gasteiger partial charge >= 0.3 is 0 Å². The molecule has 1 aromatic rings. The molecule has 152 valence electrons. The zero-order chi connectivity index (χ0) is 19.6. The summed E-state index contributed by atoms with van der Waals surface area (Å²) in [5.74, 6) is 1.22. The number of hydrogen-bond donors (Lipinski definition) is 2. The molecule has 2 rings (SSSR count). The van der Waals surface area contributed by atoms with E-state index in [0.29, 0.717) is 5.92 Å². The molecule has 1 saturated heterocycles.